The lowest BCUT2D eigenvalue weighted by molar-refractivity contribution is 0.310. The molecule has 13 heavy (non-hydrogen) atoms. The van der Waals surface area contributed by atoms with Gasteiger partial charge in [0, 0.05) is 0 Å². The van der Waals surface area contributed by atoms with Crippen molar-refractivity contribution in [1.29, 1.82) is 0 Å². The van der Waals surface area contributed by atoms with Crippen LogP contribution in [-0.4, -0.2) is 19.7 Å². The van der Waals surface area contributed by atoms with Crippen LogP contribution in [0.1, 0.15) is 12.0 Å². The van der Waals surface area contributed by atoms with E-state index in [1.807, 2.05) is 6.07 Å². The van der Waals surface area contributed by atoms with Crippen LogP contribution in [0, 0.1) is 0 Å². The van der Waals surface area contributed by atoms with Crippen molar-refractivity contribution in [3.05, 3.63) is 29.8 Å². The molecule has 2 rings (SSSR count). The average molecular weight is 177 g/mol. The van der Waals surface area contributed by atoms with Gasteiger partial charge in [-0.1, -0.05) is 18.2 Å². The minimum atomic E-state index is 0.823. The Morgan fingerprint density at radius 1 is 1.15 bits per heavy atom. The fraction of sp³-hybridized carbons (Fsp3) is 0.455. The largest absolute Gasteiger partial charge is 0.493 e. The molecule has 1 aliphatic rings. The van der Waals surface area contributed by atoms with Gasteiger partial charge in [0.1, 0.15) is 5.75 Å². The molecule has 0 amide bonds. The van der Waals surface area contributed by atoms with Gasteiger partial charge < -0.3 is 10.1 Å². The minimum Gasteiger partial charge on any atom is -0.493 e. The summed E-state index contributed by atoms with van der Waals surface area (Å²) in [6.45, 7) is 2.94. The van der Waals surface area contributed by atoms with E-state index >= 15 is 0 Å². The molecule has 0 aromatic heterocycles. The van der Waals surface area contributed by atoms with E-state index in [1.165, 1.54) is 5.56 Å². The summed E-state index contributed by atoms with van der Waals surface area (Å²) < 4.78 is 5.67. The molecular formula is C11H15NO. The maximum atomic E-state index is 5.67. The van der Waals surface area contributed by atoms with Crippen molar-refractivity contribution >= 4 is 0 Å². The summed E-state index contributed by atoms with van der Waals surface area (Å²) in [5.41, 5.74) is 1.32. The Morgan fingerprint density at radius 3 is 3.08 bits per heavy atom. The van der Waals surface area contributed by atoms with Gasteiger partial charge >= 0.3 is 0 Å². The van der Waals surface area contributed by atoms with Gasteiger partial charge in [-0.05, 0) is 37.6 Å². The molecule has 0 unspecified atom stereocenters. The Labute approximate surface area is 78.9 Å². The summed E-state index contributed by atoms with van der Waals surface area (Å²) in [5.74, 6) is 1.06. The topological polar surface area (TPSA) is 21.3 Å². The average Bonchev–Trinajstić information content (AvgIpc) is 2.28. The second-order valence-corrected chi connectivity index (χ2v) is 3.31. The Hall–Kier alpha value is -1.02. The second kappa shape index (κ2) is 4.28. The number of rotatable bonds is 0. The molecule has 0 spiro atoms. The number of hydrogen-bond acceptors (Lipinski definition) is 2. The van der Waals surface area contributed by atoms with Gasteiger partial charge in [0.15, 0.2) is 0 Å². The Kier molecular flexibility index (Phi) is 2.82. The Balaban J connectivity index is 2.17. The number of hydrogen-bond donors (Lipinski definition) is 1. The van der Waals surface area contributed by atoms with Crippen LogP contribution in [0.4, 0.5) is 0 Å². The fourth-order valence-corrected chi connectivity index (χ4v) is 1.58. The smallest absolute Gasteiger partial charge is 0.122 e. The van der Waals surface area contributed by atoms with Crippen LogP contribution < -0.4 is 10.1 Å². The van der Waals surface area contributed by atoms with E-state index < -0.39 is 0 Å². The van der Waals surface area contributed by atoms with E-state index in [9.17, 15) is 0 Å². The molecule has 1 N–H and O–H groups in total. The second-order valence-electron chi connectivity index (χ2n) is 3.31. The van der Waals surface area contributed by atoms with Gasteiger partial charge in [-0.15, -0.1) is 0 Å². The zero-order chi connectivity index (χ0) is 8.93. The number of benzene rings is 1. The molecule has 0 bridgehead atoms. The third-order valence-corrected chi connectivity index (χ3v) is 2.30. The third-order valence-electron chi connectivity index (χ3n) is 2.30. The van der Waals surface area contributed by atoms with Crippen LogP contribution in [-0.2, 0) is 6.42 Å². The summed E-state index contributed by atoms with van der Waals surface area (Å²) in [4.78, 5) is 0. The third kappa shape index (κ3) is 2.22. The van der Waals surface area contributed by atoms with Crippen molar-refractivity contribution in [3.8, 4) is 5.75 Å². The lowest BCUT2D eigenvalue weighted by Crippen LogP contribution is -2.18. The van der Waals surface area contributed by atoms with E-state index in [4.69, 9.17) is 4.74 Å². The SMILES string of the molecule is c1ccc2c(c1)CCNCCCO2. The number of ether oxygens (including phenoxy) is 1. The molecule has 0 saturated heterocycles. The van der Waals surface area contributed by atoms with Crippen molar-refractivity contribution in [2.75, 3.05) is 19.7 Å². The van der Waals surface area contributed by atoms with Crippen molar-refractivity contribution in [2.45, 2.75) is 12.8 Å². The van der Waals surface area contributed by atoms with Crippen LogP contribution in [0.25, 0.3) is 0 Å². The molecule has 2 heteroatoms. The predicted octanol–water partition coefficient (Wildman–Crippen LogP) is 1.60. The Morgan fingerprint density at radius 2 is 2.08 bits per heavy atom. The predicted molar refractivity (Wildman–Crippen MR) is 53.1 cm³/mol. The highest BCUT2D eigenvalue weighted by Gasteiger charge is 2.04. The zero-order valence-electron chi connectivity index (χ0n) is 7.75. The molecule has 0 atom stereocenters. The Bertz CT molecular complexity index is 246. The van der Waals surface area contributed by atoms with E-state index in [0.29, 0.717) is 0 Å². The fourth-order valence-electron chi connectivity index (χ4n) is 1.58. The van der Waals surface area contributed by atoms with E-state index in [1.54, 1.807) is 0 Å². The van der Waals surface area contributed by atoms with Crippen molar-refractivity contribution in [1.82, 2.24) is 5.32 Å². The molecule has 1 aliphatic heterocycles. The highest BCUT2D eigenvalue weighted by atomic mass is 16.5. The highest BCUT2D eigenvalue weighted by molar-refractivity contribution is 5.33. The van der Waals surface area contributed by atoms with Gasteiger partial charge in [-0.25, -0.2) is 0 Å². The lowest BCUT2D eigenvalue weighted by atomic mass is 10.1. The molecule has 1 heterocycles. The number of para-hydroxylation sites is 1. The van der Waals surface area contributed by atoms with Gasteiger partial charge in [-0.2, -0.15) is 0 Å². The maximum Gasteiger partial charge on any atom is 0.122 e. The van der Waals surface area contributed by atoms with Crippen molar-refractivity contribution < 1.29 is 4.74 Å². The molecule has 1 aromatic carbocycles. The molecule has 0 fully saturated rings. The summed E-state index contributed by atoms with van der Waals surface area (Å²) in [5, 5.41) is 3.39. The summed E-state index contributed by atoms with van der Waals surface area (Å²) in [6, 6.07) is 8.30. The zero-order valence-corrected chi connectivity index (χ0v) is 7.75. The molecule has 0 saturated carbocycles. The first-order valence-electron chi connectivity index (χ1n) is 4.88. The molecular weight excluding hydrogens is 162 g/mol. The van der Waals surface area contributed by atoms with Crippen LogP contribution in [0.15, 0.2) is 24.3 Å². The molecule has 1 aromatic rings. The highest BCUT2D eigenvalue weighted by Crippen LogP contribution is 2.18. The summed E-state index contributed by atoms with van der Waals surface area (Å²) >= 11 is 0. The van der Waals surface area contributed by atoms with Crippen LogP contribution >= 0.6 is 0 Å². The minimum absolute atomic E-state index is 0.823. The van der Waals surface area contributed by atoms with E-state index in [0.717, 1.165) is 38.3 Å². The van der Waals surface area contributed by atoms with Crippen LogP contribution in [0.2, 0.25) is 0 Å². The van der Waals surface area contributed by atoms with Crippen molar-refractivity contribution in [2.24, 2.45) is 0 Å². The quantitative estimate of drug-likeness (QED) is 0.650. The summed E-state index contributed by atoms with van der Waals surface area (Å²) in [7, 11) is 0. The van der Waals surface area contributed by atoms with Crippen LogP contribution in [0.3, 0.4) is 0 Å². The first kappa shape index (κ1) is 8.57. The van der Waals surface area contributed by atoms with Gasteiger partial charge in [0.05, 0.1) is 6.61 Å². The lowest BCUT2D eigenvalue weighted by Gasteiger charge is -2.08. The standard InChI is InChI=1S/C11H15NO/c1-2-5-11-10(4-1)6-8-12-7-3-9-13-11/h1-2,4-5,12H,3,6-9H2. The number of fused-ring (bicyclic) bond motifs is 1. The molecule has 0 radical (unpaired) electrons. The monoisotopic (exact) mass is 177 g/mol. The number of nitrogens with one attached hydrogen (secondary N) is 1. The van der Waals surface area contributed by atoms with E-state index in [2.05, 4.69) is 23.5 Å². The maximum absolute atomic E-state index is 5.67. The normalized spacial score (nSPS) is 17.5. The first-order chi connectivity index (χ1) is 6.47. The van der Waals surface area contributed by atoms with Gasteiger partial charge in [-0.3, -0.25) is 0 Å². The van der Waals surface area contributed by atoms with Gasteiger partial charge in [0.2, 0.25) is 0 Å². The van der Waals surface area contributed by atoms with Gasteiger partial charge in [0.25, 0.3) is 0 Å². The molecule has 0 aliphatic carbocycles. The van der Waals surface area contributed by atoms with Crippen molar-refractivity contribution in [3.63, 3.8) is 0 Å². The van der Waals surface area contributed by atoms with Crippen LogP contribution in [0.5, 0.6) is 5.75 Å². The summed E-state index contributed by atoms with van der Waals surface area (Å²) in [6.07, 6.45) is 2.16. The van der Waals surface area contributed by atoms with E-state index in [-0.39, 0.29) is 0 Å². The first-order valence-corrected chi connectivity index (χ1v) is 4.88. The molecule has 2 nitrogen and oxygen atoms in total. The molecule has 70 valence electrons.